The summed E-state index contributed by atoms with van der Waals surface area (Å²) in [5, 5.41) is 0. The largest absolute Gasteiger partial charge is 0.369 e. The second kappa shape index (κ2) is 4.05. The molecule has 1 aromatic carbocycles. The maximum absolute atomic E-state index is 11.0. The molecule has 0 bridgehead atoms. The Morgan fingerprint density at radius 2 is 1.67 bits per heavy atom. The van der Waals surface area contributed by atoms with Gasteiger partial charge in [0.15, 0.2) is 0 Å². The number of rotatable bonds is 2. The maximum atomic E-state index is 11.0. The van der Waals surface area contributed by atoms with Crippen LogP contribution in [-0.4, -0.2) is 5.91 Å². The molecule has 2 heteroatoms. The van der Waals surface area contributed by atoms with E-state index in [-0.39, 0.29) is 17.2 Å². The Morgan fingerprint density at radius 1 is 1.20 bits per heavy atom. The number of hydrogen-bond donors (Lipinski definition) is 1. The van der Waals surface area contributed by atoms with Crippen LogP contribution in [0.5, 0.6) is 0 Å². The number of carbonyl (C=O) groups is 1. The molecule has 1 amide bonds. The highest BCUT2D eigenvalue weighted by molar-refractivity contribution is 5.81. The van der Waals surface area contributed by atoms with Crippen LogP contribution >= 0.6 is 0 Å². The SMILES string of the molecule is C[C@H](C(N)=O)c1ccc(C(C)(C)C)cc1. The third-order valence-corrected chi connectivity index (χ3v) is 2.70. The van der Waals surface area contributed by atoms with E-state index in [1.165, 1.54) is 5.56 Å². The summed E-state index contributed by atoms with van der Waals surface area (Å²) < 4.78 is 0. The Morgan fingerprint density at radius 3 is 2.00 bits per heavy atom. The molecule has 0 aliphatic heterocycles. The molecule has 2 nitrogen and oxygen atoms in total. The van der Waals surface area contributed by atoms with Gasteiger partial charge in [-0.15, -0.1) is 0 Å². The van der Waals surface area contributed by atoms with E-state index in [4.69, 9.17) is 5.73 Å². The zero-order valence-corrected chi connectivity index (χ0v) is 9.87. The van der Waals surface area contributed by atoms with Crippen molar-refractivity contribution in [1.82, 2.24) is 0 Å². The molecule has 0 spiro atoms. The van der Waals surface area contributed by atoms with Gasteiger partial charge in [0, 0.05) is 0 Å². The Labute approximate surface area is 91.5 Å². The predicted octanol–water partition coefficient (Wildman–Crippen LogP) is 2.57. The van der Waals surface area contributed by atoms with Crippen LogP contribution in [0.25, 0.3) is 0 Å². The van der Waals surface area contributed by atoms with Gasteiger partial charge in [-0.1, -0.05) is 45.0 Å². The van der Waals surface area contributed by atoms with E-state index in [0.717, 1.165) is 5.56 Å². The molecule has 2 N–H and O–H groups in total. The van der Waals surface area contributed by atoms with E-state index in [2.05, 4.69) is 32.9 Å². The molecule has 1 aromatic rings. The minimum atomic E-state index is -0.279. The Bertz CT molecular complexity index is 346. The number of benzene rings is 1. The van der Waals surface area contributed by atoms with Crippen molar-refractivity contribution < 1.29 is 4.79 Å². The maximum Gasteiger partial charge on any atom is 0.224 e. The zero-order chi connectivity index (χ0) is 11.6. The summed E-state index contributed by atoms with van der Waals surface area (Å²) in [4.78, 5) is 11.0. The van der Waals surface area contributed by atoms with Crippen LogP contribution < -0.4 is 5.73 Å². The zero-order valence-electron chi connectivity index (χ0n) is 9.87. The first-order chi connectivity index (χ1) is 6.82. The van der Waals surface area contributed by atoms with E-state index in [1.54, 1.807) is 0 Å². The van der Waals surface area contributed by atoms with Crippen molar-refractivity contribution in [2.24, 2.45) is 5.73 Å². The second-order valence-electron chi connectivity index (χ2n) is 5.00. The third kappa shape index (κ3) is 2.82. The molecule has 0 aromatic heterocycles. The molecule has 0 fully saturated rings. The summed E-state index contributed by atoms with van der Waals surface area (Å²) in [6.45, 7) is 8.33. The highest BCUT2D eigenvalue weighted by atomic mass is 16.1. The lowest BCUT2D eigenvalue weighted by molar-refractivity contribution is -0.119. The average molecular weight is 205 g/mol. The first kappa shape index (κ1) is 11.8. The second-order valence-corrected chi connectivity index (χ2v) is 5.00. The minimum absolute atomic E-state index is 0.147. The molecule has 1 rings (SSSR count). The van der Waals surface area contributed by atoms with Crippen LogP contribution in [-0.2, 0) is 10.2 Å². The Balaban J connectivity index is 2.95. The van der Waals surface area contributed by atoms with Crippen molar-refractivity contribution in [2.45, 2.75) is 39.0 Å². The summed E-state index contributed by atoms with van der Waals surface area (Å²) in [5.41, 5.74) is 7.65. The fourth-order valence-electron chi connectivity index (χ4n) is 1.44. The standard InChI is InChI=1S/C13H19NO/c1-9(12(14)15)10-5-7-11(8-6-10)13(2,3)4/h5-9H,1-4H3,(H2,14,15)/t9-/m0/s1. The van der Waals surface area contributed by atoms with Gasteiger partial charge in [0.05, 0.1) is 5.92 Å². The summed E-state index contributed by atoms with van der Waals surface area (Å²) >= 11 is 0. The van der Waals surface area contributed by atoms with Gasteiger partial charge in [0.1, 0.15) is 0 Å². The van der Waals surface area contributed by atoms with Gasteiger partial charge in [-0.2, -0.15) is 0 Å². The molecule has 0 radical (unpaired) electrons. The van der Waals surface area contributed by atoms with Crippen molar-refractivity contribution in [3.63, 3.8) is 0 Å². The minimum Gasteiger partial charge on any atom is -0.369 e. The summed E-state index contributed by atoms with van der Waals surface area (Å²) in [7, 11) is 0. The van der Waals surface area contributed by atoms with Crippen LogP contribution in [0, 0.1) is 0 Å². The van der Waals surface area contributed by atoms with Gasteiger partial charge in [0.25, 0.3) is 0 Å². The molecule has 82 valence electrons. The smallest absolute Gasteiger partial charge is 0.224 e. The Hall–Kier alpha value is -1.31. The van der Waals surface area contributed by atoms with Crippen molar-refractivity contribution in [3.8, 4) is 0 Å². The number of hydrogen-bond acceptors (Lipinski definition) is 1. The van der Waals surface area contributed by atoms with Crippen LogP contribution in [0.2, 0.25) is 0 Å². The summed E-state index contributed by atoms with van der Waals surface area (Å²) in [5.74, 6) is -0.488. The van der Waals surface area contributed by atoms with Crippen molar-refractivity contribution in [2.75, 3.05) is 0 Å². The van der Waals surface area contributed by atoms with E-state index in [1.807, 2.05) is 19.1 Å². The highest BCUT2D eigenvalue weighted by Crippen LogP contribution is 2.24. The van der Waals surface area contributed by atoms with E-state index < -0.39 is 0 Å². The van der Waals surface area contributed by atoms with E-state index >= 15 is 0 Å². The molecule has 15 heavy (non-hydrogen) atoms. The van der Waals surface area contributed by atoms with Gasteiger partial charge in [-0.05, 0) is 23.5 Å². The van der Waals surface area contributed by atoms with Crippen molar-refractivity contribution >= 4 is 5.91 Å². The molecule has 1 atom stereocenters. The molecule has 0 heterocycles. The van der Waals surface area contributed by atoms with Crippen LogP contribution in [0.1, 0.15) is 44.7 Å². The molecular weight excluding hydrogens is 186 g/mol. The first-order valence-corrected chi connectivity index (χ1v) is 5.22. The lowest BCUT2D eigenvalue weighted by atomic mass is 9.86. The van der Waals surface area contributed by atoms with Gasteiger partial charge in [-0.3, -0.25) is 4.79 Å². The number of carbonyl (C=O) groups excluding carboxylic acids is 1. The fourth-order valence-corrected chi connectivity index (χ4v) is 1.44. The molecule has 0 aliphatic rings. The van der Waals surface area contributed by atoms with Crippen molar-refractivity contribution in [3.05, 3.63) is 35.4 Å². The normalized spacial score (nSPS) is 13.6. The van der Waals surface area contributed by atoms with Gasteiger partial charge < -0.3 is 5.73 Å². The van der Waals surface area contributed by atoms with E-state index in [0.29, 0.717) is 0 Å². The van der Waals surface area contributed by atoms with Gasteiger partial charge in [0.2, 0.25) is 5.91 Å². The molecular formula is C13H19NO. The number of primary amides is 1. The highest BCUT2D eigenvalue weighted by Gasteiger charge is 2.15. The predicted molar refractivity (Wildman–Crippen MR) is 62.8 cm³/mol. The molecule has 0 aliphatic carbocycles. The Kier molecular flexibility index (Phi) is 3.18. The van der Waals surface area contributed by atoms with Gasteiger partial charge >= 0.3 is 0 Å². The van der Waals surface area contributed by atoms with Crippen LogP contribution in [0.15, 0.2) is 24.3 Å². The molecule has 0 saturated heterocycles. The fraction of sp³-hybridized carbons (Fsp3) is 0.462. The third-order valence-electron chi connectivity index (χ3n) is 2.70. The number of nitrogens with two attached hydrogens (primary N) is 1. The summed E-state index contributed by atoms with van der Waals surface area (Å²) in [6.07, 6.45) is 0. The van der Waals surface area contributed by atoms with Crippen LogP contribution in [0.3, 0.4) is 0 Å². The first-order valence-electron chi connectivity index (χ1n) is 5.22. The van der Waals surface area contributed by atoms with Crippen molar-refractivity contribution in [1.29, 1.82) is 0 Å². The van der Waals surface area contributed by atoms with E-state index in [9.17, 15) is 4.79 Å². The van der Waals surface area contributed by atoms with Crippen LogP contribution in [0.4, 0.5) is 0 Å². The monoisotopic (exact) mass is 205 g/mol. The lowest BCUT2D eigenvalue weighted by Crippen LogP contribution is -2.19. The molecule has 0 unspecified atom stereocenters. The van der Waals surface area contributed by atoms with Gasteiger partial charge in [-0.25, -0.2) is 0 Å². The quantitative estimate of drug-likeness (QED) is 0.792. The topological polar surface area (TPSA) is 43.1 Å². The summed E-state index contributed by atoms with van der Waals surface area (Å²) in [6, 6.07) is 8.09. The molecule has 0 saturated carbocycles. The number of amides is 1. The lowest BCUT2D eigenvalue weighted by Gasteiger charge is -2.19. The average Bonchev–Trinajstić information content (AvgIpc) is 2.15.